The van der Waals surface area contributed by atoms with Crippen molar-refractivity contribution in [2.45, 2.75) is 45.6 Å². The summed E-state index contributed by atoms with van der Waals surface area (Å²) >= 11 is 0. The molecule has 2 N–H and O–H groups in total. The number of aryl methyl sites for hydroxylation is 2. The van der Waals surface area contributed by atoms with Gasteiger partial charge in [0.05, 0.1) is 30.5 Å². The van der Waals surface area contributed by atoms with E-state index < -0.39 is 6.10 Å². The van der Waals surface area contributed by atoms with Crippen LogP contribution in [0.5, 0.6) is 11.5 Å². The quantitative estimate of drug-likeness (QED) is 0.637. The van der Waals surface area contributed by atoms with Crippen LogP contribution in [0.1, 0.15) is 39.7 Å². The molecular formula is C23H26N2O4. The Morgan fingerprint density at radius 3 is 2.76 bits per heavy atom. The van der Waals surface area contributed by atoms with E-state index in [1.807, 2.05) is 44.2 Å². The first-order valence-corrected chi connectivity index (χ1v) is 9.77. The molecule has 1 aliphatic carbocycles. The average Bonchev–Trinajstić information content (AvgIpc) is 3.22. The number of nitrogens with zero attached hydrogens (tertiary/aromatic N) is 1. The topological polar surface area (TPSA) is 76.8 Å². The maximum absolute atomic E-state index is 10.4. The van der Waals surface area contributed by atoms with Crippen molar-refractivity contribution in [1.82, 2.24) is 10.5 Å². The molecule has 0 unspecified atom stereocenters. The molecule has 0 saturated heterocycles. The van der Waals surface area contributed by atoms with E-state index in [0.717, 1.165) is 22.6 Å². The van der Waals surface area contributed by atoms with Gasteiger partial charge in [-0.05, 0) is 42.7 Å². The summed E-state index contributed by atoms with van der Waals surface area (Å²) in [6.07, 6.45) is 0.276. The van der Waals surface area contributed by atoms with Gasteiger partial charge in [0.2, 0.25) is 0 Å². The largest absolute Gasteiger partial charge is 0.493 e. The summed E-state index contributed by atoms with van der Waals surface area (Å²) in [4.78, 5) is 0. The van der Waals surface area contributed by atoms with E-state index >= 15 is 0 Å². The summed E-state index contributed by atoms with van der Waals surface area (Å²) in [6, 6.07) is 14.0. The summed E-state index contributed by atoms with van der Waals surface area (Å²) < 4.78 is 16.7. The molecule has 0 amide bonds. The second-order valence-electron chi connectivity index (χ2n) is 7.41. The number of hydrogen-bond acceptors (Lipinski definition) is 6. The first-order valence-electron chi connectivity index (χ1n) is 9.77. The van der Waals surface area contributed by atoms with E-state index in [2.05, 4.69) is 22.6 Å². The van der Waals surface area contributed by atoms with Crippen LogP contribution in [0.2, 0.25) is 0 Å². The van der Waals surface area contributed by atoms with Crippen LogP contribution in [0.4, 0.5) is 0 Å². The van der Waals surface area contributed by atoms with Gasteiger partial charge in [0, 0.05) is 13.0 Å². The van der Waals surface area contributed by atoms with E-state index in [1.54, 1.807) is 7.11 Å². The third-order valence-electron chi connectivity index (χ3n) is 5.51. The summed E-state index contributed by atoms with van der Waals surface area (Å²) in [5.41, 5.74) is 5.22. The van der Waals surface area contributed by atoms with Crippen molar-refractivity contribution in [1.29, 1.82) is 0 Å². The van der Waals surface area contributed by atoms with Gasteiger partial charge in [-0.2, -0.15) is 0 Å². The summed E-state index contributed by atoms with van der Waals surface area (Å²) in [5, 5.41) is 17.8. The predicted octanol–water partition coefficient (Wildman–Crippen LogP) is 3.63. The lowest BCUT2D eigenvalue weighted by molar-refractivity contribution is 0.140. The van der Waals surface area contributed by atoms with Gasteiger partial charge in [0.1, 0.15) is 12.4 Å². The molecule has 0 radical (unpaired) electrons. The third-order valence-corrected chi connectivity index (χ3v) is 5.51. The minimum absolute atomic E-state index is 0.0623. The number of hydrogen-bond donors (Lipinski definition) is 2. The fraction of sp³-hybridized carbons (Fsp3) is 0.348. The normalized spacial score (nSPS) is 17.9. The van der Waals surface area contributed by atoms with Crippen molar-refractivity contribution in [2.75, 3.05) is 7.11 Å². The molecule has 2 aromatic carbocycles. The Morgan fingerprint density at radius 1 is 1.17 bits per heavy atom. The number of aliphatic hydroxyl groups excluding tert-OH is 1. The number of methoxy groups -OCH3 is 1. The van der Waals surface area contributed by atoms with Gasteiger partial charge in [-0.3, -0.25) is 0 Å². The SMILES string of the molecule is COc1cc(CN[C@@H]2c3ccccc3C[C@@H]2O)ccc1OCc1c(C)noc1C. The highest BCUT2D eigenvalue weighted by atomic mass is 16.5. The lowest BCUT2D eigenvalue weighted by Crippen LogP contribution is -2.28. The number of aliphatic hydroxyl groups is 1. The second kappa shape index (κ2) is 8.27. The molecule has 152 valence electrons. The highest BCUT2D eigenvalue weighted by molar-refractivity contribution is 5.43. The van der Waals surface area contributed by atoms with E-state index in [4.69, 9.17) is 14.0 Å². The van der Waals surface area contributed by atoms with Gasteiger partial charge in [-0.15, -0.1) is 0 Å². The van der Waals surface area contributed by atoms with Gasteiger partial charge < -0.3 is 24.4 Å². The summed E-state index contributed by atoms with van der Waals surface area (Å²) in [5.74, 6) is 2.10. The van der Waals surface area contributed by atoms with Crippen molar-refractivity contribution in [3.8, 4) is 11.5 Å². The maximum atomic E-state index is 10.4. The average molecular weight is 394 g/mol. The monoisotopic (exact) mass is 394 g/mol. The zero-order valence-electron chi connectivity index (χ0n) is 16.9. The van der Waals surface area contributed by atoms with Gasteiger partial charge in [0.25, 0.3) is 0 Å². The van der Waals surface area contributed by atoms with Gasteiger partial charge in [0.15, 0.2) is 11.5 Å². The Hall–Kier alpha value is -2.83. The molecular weight excluding hydrogens is 368 g/mol. The zero-order chi connectivity index (χ0) is 20.4. The molecule has 6 heteroatoms. The summed E-state index contributed by atoms with van der Waals surface area (Å²) in [6.45, 7) is 4.77. The van der Waals surface area contributed by atoms with E-state index in [9.17, 15) is 5.11 Å². The Labute approximate surface area is 170 Å². The number of rotatable bonds is 7. The van der Waals surface area contributed by atoms with Gasteiger partial charge >= 0.3 is 0 Å². The number of fused-ring (bicyclic) bond motifs is 1. The van der Waals surface area contributed by atoms with Crippen LogP contribution in [0.3, 0.4) is 0 Å². The molecule has 0 bridgehead atoms. The third kappa shape index (κ3) is 3.99. The van der Waals surface area contributed by atoms with Crippen LogP contribution in [0.15, 0.2) is 47.0 Å². The van der Waals surface area contributed by atoms with Crippen LogP contribution < -0.4 is 14.8 Å². The molecule has 0 fully saturated rings. The Kier molecular flexibility index (Phi) is 5.56. The van der Waals surface area contributed by atoms with Crippen molar-refractivity contribution in [3.63, 3.8) is 0 Å². The van der Waals surface area contributed by atoms with Crippen molar-refractivity contribution in [2.24, 2.45) is 0 Å². The van der Waals surface area contributed by atoms with Crippen LogP contribution in [0.25, 0.3) is 0 Å². The molecule has 0 saturated carbocycles. The number of ether oxygens (including phenoxy) is 2. The predicted molar refractivity (Wildman–Crippen MR) is 109 cm³/mol. The minimum Gasteiger partial charge on any atom is -0.493 e. The Bertz CT molecular complexity index is 979. The van der Waals surface area contributed by atoms with Crippen molar-refractivity contribution < 1.29 is 19.1 Å². The van der Waals surface area contributed by atoms with E-state index in [-0.39, 0.29) is 6.04 Å². The van der Waals surface area contributed by atoms with Crippen LogP contribution in [-0.2, 0) is 19.6 Å². The molecule has 29 heavy (non-hydrogen) atoms. The lowest BCUT2D eigenvalue weighted by atomic mass is 10.1. The Balaban J connectivity index is 1.43. The fourth-order valence-electron chi connectivity index (χ4n) is 3.85. The zero-order valence-corrected chi connectivity index (χ0v) is 16.9. The van der Waals surface area contributed by atoms with Crippen LogP contribution in [-0.4, -0.2) is 23.5 Å². The van der Waals surface area contributed by atoms with Crippen LogP contribution >= 0.6 is 0 Å². The van der Waals surface area contributed by atoms with Crippen molar-refractivity contribution in [3.05, 3.63) is 76.2 Å². The summed E-state index contributed by atoms with van der Waals surface area (Å²) in [7, 11) is 1.63. The Morgan fingerprint density at radius 2 is 2.00 bits per heavy atom. The van der Waals surface area contributed by atoms with Gasteiger partial charge in [-0.25, -0.2) is 0 Å². The molecule has 0 spiro atoms. The lowest BCUT2D eigenvalue weighted by Gasteiger charge is -2.19. The standard InChI is InChI=1S/C23H26N2O4/c1-14-19(15(2)29-25-14)13-28-21-9-8-16(10-22(21)27-3)12-24-23-18-7-5-4-6-17(18)11-20(23)26/h4-10,20,23-24,26H,11-13H2,1-3H3/t20-,23+/m0/s1. The maximum Gasteiger partial charge on any atom is 0.161 e. The highest BCUT2D eigenvalue weighted by Crippen LogP contribution is 2.33. The van der Waals surface area contributed by atoms with Crippen molar-refractivity contribution >= 4 is 0 Å². The molecule has 1 heterocycles. The van der Waals surface area contributed by atoms with E-state index in [1.165, 1.54) is 11.1 Å². The first kappa shape index (κ1) is 19.5. The number of nitrogens with one attached hydrogen (secondary N) is 1. The number of benzene rings is 2. The molecule has 1 aliphatic rings. The fourth-order valence-corrected chi connectivity index (χ4v) is 3.85. The highest BCUT2D eigenvalue weighted by Gasteiger charge is 2.30. The van der Waals surface area contributed by atoms with Gasteiger partial charge in [-0.1, -0.05) is 35.5 Å². The molecule has 4 rings (SSSR count). The molecule has 0 aliphatic heterocycles. The molecule has 3 aromatic rings. The smallest absolute Gasteiger partial charge is 0.161 e. The van der Waals surface area contributed by atoms with Crippen LogP contribution in [0, 0.1) is 13.8 Å². The van der Waals surface area contributed by atoms with E-state index in [0.29, 0.717) is 31.1 Å². The first-order chi connectivity index (χ1) is 14.1. The number of aromatic nitrogens is 1. The minimum atomic E-state index is -0.410. The molecule has 2 atom stereocenters. The second-order valence-corrected chi connectivity index (χ2v) is 7.41. The molecule has 6 nitrogen and oxygen atoms in total. The molecule has 1 aromatic heterocycles.